The zero-order chi connectivity index (χ0) is 11.4. The van der Waals surface area contributed by atoms with Gasteiger partial charge in [-0.3, -0.25) is 9.59 Å². The Morgan fingerprint density at radius 3 is 2.20 bits per heavy atom. The number of hydrogen-bond acceptors (Lipinski definition) is 2. The van der Waals surface area contributed by atoms with Gasteiger partial charge in [0.15, 0.2) is 0 Å². The number of halogens is 1. The first kappa shape index (κ1) is 10.4. The number of nitrogens with zero attached hydrogens (tertiary/aromatic N) is 1. The standard InChI is InChI=1S/C10H14FNO3/c1-9(8(14)15)4-12(5-9)7(13)10(2)3-6(10)11/h6H,3-5H2,1-2H3,(H,14,15). The van der Waals surface area contributed by atoms with Crippen molar-refractivity contribution in [3.63, 3.8) is 0 Å². The van der Waals surface area contributed by atoms with Gasteiger partial charge < -0.3 is 10.0 Å². The fourth-order valence-corrected chi connectivity index (χ4v) is 1.97. The highest BCUT2D eigenvalue weighted by atomic mass is 19.1. The fourth-order valence-electron chi connectivity index (χ4n) is 1.97. The molecule has 1 aliphatic carbocycles. The molecule has 1 saturated carbocycles. The largest absolute Gasteiger partial charge is 0.481 e. The minimum atomic E-state index is -1.05. The van der Waals surface area contributed by atoms with Gasteiger partial charge in [0.1, 0.15) is 6.17 Å². The minimum absolute atomic E-state index is 0.198. The van der Waals surface area contributed by atoms with Gasteiger partial charge in [-0.25, -0.2) is 4.39 Å². The molecule has 0 aromatic carbocycles. The van der Waals surface area contributed by atoms with E-state index in [4.69, 9.17) is 5.11 Å². The van der Waals surface area contributed by atoms with Gasteiger partial charge in [-0.05, 0) is 20.3 Å². The number of likely N-dealkylation sites (tertiary alicyclic amines) is 1. The summed E-state index contributed by atoms with van der Waals surface area (Å²) < 4.78 is 12.9. The van der Waals surface area contributed by atoms with E-state index >= 15 is 0 Å². The number of amides is 1. The first-order chi connectivity index (χ1) is 6.79. The van der Waals surface area contributed by atoms with E-state index in [-0.39, 0.29) is 25.4 Å². The molecule has 0 aromatic rings. The molecule has 0 spiro atoms. The number of carbonyl (C=O) groups is 2. The maximum absolute atomic E-state index is 12.9. The molecule has 1 N–H and O–H groups in total. The normalized spacial score (nSPS) is 37.0. The van der Waals surface area contributed by atoms with Crippen LogP contribution in [0.15, 0.2) is 0 Å². The molecule has 1 heterocycles. The average molecular weight is 215 g/mol. The predicted octanol–water partition coefficient (Wildman–Crippen LogP) is 0.668. The van der Waals surface area contributed by atoms with Crippen LogP contribution in [0.4, 0.5) is 4.39 Å². The number of carboxylic acid groups (broad SMARTS) is 1. The molecule has 1 saturated heterocycles. The summed E-state index contributed by atoms with van der Waals surface area (Å²) in [6.07, 6.45) is -0.784. The Morgan fingerprint density at radius 2 is 1.87 bits per heavy atom. The third kappa shape index (κ3) is 1.33. The van der Waals surface area contributed by atoms with Gasteiger partial charge in [0.2, 0.25) is 5.91 Å². The summed E-state index contributed by atoms with van der Waals surface area (Å²) in [5, 5.41) is 8.85. The number of hydrogen-bond donors (Lipinski definition) is 1. The van der Waals surface area contributed by atoms with Gasteiger partial charge in [0, 0.05) is 13.1 Å². The summed E-state index contributed by atoms with van der Waals surface area (Å²) in [6.45, 7) is 3.59. The zero-order valence-corrected chi connectivity index (χ0v) is 8.79. The lowest BCUT2D eigenvalue weighted by molar-refractivity contribution is -0.166. The summed E-state index contributed by atoms with van der Waals surface area (Å²) >= 11 is 0. The molecule has 0 aromatic heterocycles. The van der Waals surface area contributed by atoms with E-state index in [9.17, 15) is 14.0 Å². The summed E-state index contributed by atoms with van der Waals surface area (Å²) in [6, 6.07) is 0. The predicted molar refractivity (Wildman–Crippen MR) is 49.9 cm³/mol. The van der Waals surface area contributed by atoms with Crippen LogP contribution in [-0.4, -0.2) is 41.1 Å². The lowest BCUT2D eigenvalue weighted by atomic mass is 9.81. The van der Waals surface area contributed by atoms with Crippen LogP contribution in [0.2, 0.25) is 0 Å². The Kier molecular flexibility index (Phi) is 1.88. The van der Waals surface area contributed by atoms with Gasteiger partial charge in [-0.2, -0.15) is 0 Å². The maximum atomic E-state index is 12.9. The van der Waals surface area contributed by atoms with Crippen LogP contribution < -0.4 is 0 Å². The number of carbonyl (C=O) groups excluding carboxylic acids is 1. The van der Waals surface area contributed by atoms with Crippen LogP contribution in [0.25, 0.3) is 0 Å². The summed E-state index contributed by atoms with van der Waals surface area (Å²) in [7, 11) is 0. The highest BCUT2D eigenvalue weighted by molar-refractivity contribution is 5.89. The Morgan fingerprint density at radius 1 is 1.40 bits per heavy atom. The first-order valence-electron chi connectivity index (χ1n) is 4.96. The molecule has 5 heteroatoms. The van der Waals surface area contributed by atoms with Crippen LogP contribution in [-0.2, 0) is 9.59 Å². The number of alkyl halides is 1. The smallest absolute Gasteiger partial charge is 0.312 e. The van der Waals surface area contributed by atoms with Gasteiger partial charge in [-0.15, -0.1) is 0 Å². The number of rotatable bonds is 2. The quantitative estimate of drug-likeness (QED) is 0.736. The van der Waals surface area contributed by atoms with Crippen molar-refractivity contribution in [1.29, 1.82) is 0 Å². The Balaban J connectivity index is 1.96. The molecule has 2 aliphatic rings. The van der Waals surface area contributed by atoms with E-state index in [0.29, 0.717) is 0 Å². The van der Waals surface area contributed by atoms with Crippen molar-refractivity contribution >= 4 is 11.9 Å². The SMILES string of the molecule is CC1(C(=O)O)CN(C(=O)C2(C)CC2F)C1. The van der Waals surface area contributed by atoms with E-state index in [2.05, 4.69) is 0 Å². The first-order valence-corrected chi connectivity index (χ1v) is 4.96. The Bertz CT molecular complexity index is 338. The second-order valence-corrected chi connectivity index (χ2v) is 5.12. The molecule has 84 valence electrons. The Hall–Kier alpha value is -1.13. The molecule has 2 fully saturated rings. The molecule has 4 nitrogen and oxygen atoms in total. The monoisotopic (exact) mass is 215 g/mol. The molecular formula is C10H14FNO3. The van der Waals surface area contributed by atoms with Crippen LogP contribution in [0.3, 0.4) is 0 Å². The minimum Gasteiger partial charge on any atom is -0.481 e. The van der Waals surface area contributed by atoms with E-state index in [1.54, 1.807) is 13.8 Å². The lowest BCUT2D eigenvalue weighted by Gasteiger charge is -2.45. The highest BCUT2D eigenvalue weighted by Gasteiger charge is 2.61. The van der Waals surface area contributed by atoms with Crippen molar-refractivity contribution in [3.05, 3.63) is 0 Å². The third-order valence-electron chi connectivity index (χ3n) is 3.51. The third-order valence-corrected chi connectivity index (χ3v) is 3.51. The van der Waals surface area contributed by atoms with E-state index in [1.807, 2.05) is 0 Å². The van der Waals surface area contributed by atoms with E-state index in [1.165, 1.54) is 4.90 Å². The molecule has 0 bridgehead atoms. The van der Waals surface area contributed by atoms with Gasteiger partial charge in [0.05, 0.1) is 10.8 Å². The fraction of sp³-hybridized carbons (Fsp3) is 0.800. The second kappa shape index (κ2) is 2.71. The van der Waals surface area contributed by atoms with Crippen molar-refractivity contribution < 1.29 is 19.1 Å². The molecule has 15 heavy (non-hydrogen) atoms. The van der Waals surface area contributed by atoms with Crippen LogP contribution in [0.5, 0.6) is 0 Å². The number of carboxylic acids is 1. The summed E-state index contributed by atoms with van der Waals surface area (Å²) in [4.78, 5) is 24.0. The second-order valence-electron chi connectivity index (χ2n) is 5.12. The molecule has 2 atom stereocenters. The van der Waals surface area contributed by atoms with Gasteiger partial charge in [-0.1, -0.05) is 0 Å². The molecule has 2 rings (SSSR count). The van der Waals surface area contributed by atoms with Crippen molar-refractivity contribution in [2.75, 3.05) is 13.1 Å². The van der Waals surface area contributed by atoms with Crippen molar-refractivity contribution in [3.8, 4) is 0 Å². The van der Waals surface area contributed by atoms with Crippen molar-refractivity contribution in [1.82, 2.24) is 4.90 Å². The molecule has 1 aliphatic heterocycles. The molecule has 2 unspecified atom stereocenters. The van der Waals surface area contributed by atoms with E-state index in [0.717, 1.165) is 0 Å². The van der Waals surface area contributed by atoms with Crippen molar-refractivity contribution in [2.45, 2.75) is 26.4 Å². The molecular weight excluding hydrogens is 201 g/mol. The lowest BCUT2D eigenvalue weighted by Crippen LogP contribution is -2.62. The van der Waals surface area contributed by atoms with Crippen molar-refractivity contribution in [2.24, 2.45) is 10.8 Å². The number of aliphatic carboxylic acids is 1. The topological polar surface area (TPSA) is 57.6 Å². The van der Waals surface area contributed by atoms with Gasteiger partial charge in [0.25, 0.3) is 0 Å². The summed E-state index contributed by atoms with van der Waals surface area (Å²) in [5.41, 5.74) is -1.72. The molecule has 0 radical (unpaired) electrons. The average Bonchev–Trinajstić information content (AvgIpc) is 2.69. The summed E-state index contributed by atoms with van der Waals surface area (Å²) in [5.74, 6) is -1.14. The Labute approximate surface area is 87.1 Å². The van der Waals surface area contributed by atoms with Gasteiger partial charge >= 0.3 is 5.97 Å². The highest BCUT2D eigenvalue weighted by Crippen LogP contribution is 2.51. The zero-order valence-electron chi connectivity index (χ0n) is 8.79. The molecule has 1 amide bonds. The van der Waals surface area contributed by atoms with Crippen LogP contribution >= 0.6 is 0 Å². The van der Waals surface area contributed by atoms with Crippen LogP contribution in [0.1, 0.15) is 20.3 Å². The maximum Gasteiger partial charge on any atom is 0.312 e. The van der Waals surface area contributed by atoms with E-state index < -0.39 is 23.0 Å². The van der Waals surface area contributed by atoms with Crippen LogP contribution in [0, 0.1) is 10.8 Å².